The fraction of sp³-hybridized carbons (Fsp3) is 0.350. The van der Waals surface area contributed by atoms with Gasteiger partial charge in [0.2, 0.25) is 0 Å². The zero-order valence-corrected chi connectivity index (χ0v) is 19.4. The number of hydrogen-bond donors (Lipinski definition) is 2. The number of rotatable bonds is 8. The molecule has 0 radical (unpaired) electrons. The lowest BCUT2D eigenvalue weighted by Gasteiger charge is -2.15. The molecule has 6 nitrogen and oxygen atoms in total. The van der Waals surface area contributed by atoms with Gasteiger partial charge in [0.15, 0.2) is 11.8 Å². The van der Waals surface area contributed by atoms with Crippen LogP contribution >= 0.6 is 35.3 Å². The number of aliphatic imine (C=N–C) groups is 1. The lowest BCUT2D eigenvalue weighted by atomic mass is 10.1. The molecule has 0 fully saturated rings. The third-order valence-corrected chi connectivity index (χ3v) is 5.02. The standard InChI is InChI=1S/C20H26N6S.HI/c1-3-21-20(22-13-16(2)12-18-10-7-11-27-18)23-14-19-25-24-15-26(19)17-8-5-4-6-9-17;/h4-11,15-16H,3,12-14H2,1-2H3,(H2,21,22,23);1H. The summed E-state index contributed by atoms with van der Waals surface area (Å²) in [5.41, 5.74) is 1.04. The van der Waals surface area contributed by atoms with E-state index < -0.39 is 0 Å². The van der Waals surface area contributed by atoms with E-state index in [0.717, 1.165) is 37.0 Å². The lowest BCUT2D eigenvalue weighted by Crippen LogP contribution is -2.39. The maximum absolute atomic E-state index is 4.68. The maximum Gasteiger partial charge on any atom is 0.191 e. The van der Waals surface area contributed by atoms with Crippen LogP contribution < -0.4 is 10.6 Å². The molecule has 2 aromatic heterocycles. The third-order valence-electron chi connectivity index (χ3n) is 4.12. The second-order valence-electron chi connectivity index (χ2n) is 6.42. The minimum atomic E-state index is 0. The van der Waals surface area contributed by atoms with Crippen LogP contribution in [0.5, 0.6) is 0 Å². The Bertz CT molecular complexity index is 832. The van der Waals surface area contributed by atoms with Gasteiger partial charge in [-0.1, -0.05) is 31.2 Å². The van der Waals surface area contributed by atoms with E-state index in [0.29, 0.717) is 12.5 Å². The number of thiophene rings is 1. The van der Waals surface area contributed by atoms with Crippen LogP contribution in [0, 0.1) is 5.92 Å². The summed E-state index contributed by atoms with van der Waals surface area (Å²) in [4.78, 5) is 6.10. The molecule has 2 heterocycles. The lowest BCUT2D eigenvalue weighted by molar-refractivity contribution is 0.562. The molecular weight excluding hydrogens is 483 g/mol. The fourth-order valence-electron chi connectivity index (χ4n) is 2.78. The molecule has 8 heteroatoms. The van der Waals surface area contributed by atoms with Gasteiger partial charge in [-0.25, -0.2) is 4.99 Å². The van der Waals surface area contributed by atoms with E-state index in [2.05, 4.69) is 57.2 Å². The highest BCUT2D eigenvalue weighted by Gasteiger charge is 2.08. The number of nitrogens with one attached hydrogen (secondary N) is 2. The molecule has 0 amide bonds. The number of halogens is 1. The molecule has 0 saturated carbocycles. The van der Waals surface area contributed by atoms with E-state index in [4.69, 9.17) is 0 Å². The zero-order valence-electron chi connectivity index (χ0n) is 16.2. The Morgan fingerprint density at radius 3 is 2.71 bits per heavy atom. The minimum Gasteiger partial charge on any atom is -0.357 e. The Morgan fingerprint density at radius 1 is 1.18 bits per heavy atom. The van der Waals surface area contributed by atoms with E-state index in [-0.39, 0.29) is 24.0 Å². The van der Waals surface area contributed by atoms with E-state index in [1.54, 1.807) is 6.33 Å². The first kappa shape index (κ1) is 22.4. The van der Waals surface area contributed by atoms with Crippen LogP contribution in [0.15, 0.2) is 59.2 Å². The van der Waals surface area contributed by atoms with Crippen molar-refractivity contribution in [2.24, 2.45) is 10.9 Å². The summed E-state index contributed by atoms with van der Waals surface area (Å²) in [5.74, 6) is 2.14. The molecule has 1 aromatic carbocycles. The summed E-state index contributed by atoms with van der Waals surface area (Å²) in [5, 5.41) is 17.1. The second kappa shape index (κ2) is 11.8. The van der Waals surface area contributed by atoms with E-state index in [9.17, 15) is 0 Å². The van der Waals surface area contributed by atoms with Crippen molar-refractivity contribution >= 4 is 41.3 Å². The molecule has 0 aliphatic carbocycles. The van der Waals surface area contributed by atoms with E-state index in [1.165, 1.54) is 4.88 Å². The van der Waals surface area contributed by atoms with Gasteiger partial charge in [0.05, 0.1) is 0 Å². The number of aromatic nitrogens is 3. The number of nitrogens with zero attached hydrogens (tertiary/aromatic N) is 4. The van der Waals surface area contributed by atoms with Gasteiger partial charge in [0.25, 0.3) is 0 Å². The van der Waals surface area contributed by atoms with E-state index in [1.807, 2.05) is 46.2 Å². The van der Waals surface area contributed by atoms with Crippen molar-refractivity contribution in [2.75, 3.05) is 13.1 Å². The molecule has 0 aliphatic rings. The van der Waals surface area contributed by atoms with E-state index >= 15 is 0 Å². The van der Waals surface area contributed by atoms with Crippen LogP contribution in [0.2, 0.25) is 0 Å². The summed E-state index contributed by atoms with van der Waals surface area (Å²) in [6.45, 7) is 6.47. The van der Waals surface area contributed by atoms with Crippen LogP contribution in [-0.4, -0.2) is 33.8 Å². The molecule has 0 bridgehead atoms. The number of guanidine groups is 1. The molecule has 28 heavy (non-hydrogen) atoms. The highest BCUT2D eigenvalue weighted by Crippen LogP contribution is 2.14. The molecule has 2 N–H and O–H groups in total. The van der Waals surface area contributed by atoms with Crippen LogP contribution in [0.3, 0.4) is 0 Å². The highest BCUT2D eigenvalue weighted by molar-refractivity contribution is 14.0. The minimum absolute atomic E-state index is 0. The largest absolute Gasteiger partial charge is 0.357 e. The molecule has 0 spiro atoms. The van der Waals surface area contributed by atoms with Crippen molar-refractivity contribution < 1.29 is 0 Å². The van der Waals surface area contributed by atoms with Crippen molar-refractivity contribution in [3.8, 4) is 5.69 Å². The zero-order chi connectivity index (χ0) is 18.9. The quantitative estimate of drug-likeness (QED) is 0.274. The molecule has 1 atom stereocenters. The average molecular weight is 510 g/mol. The number of benzene rings is 1. The molecular formula is C20H27IN6S. The summed E-state index contributed by atoms with van der Waals surface area (Å²) >= 11 is 1.81. The van der Waals surface area contributed by atoms with Gasteiger partial charge in [-0.15, -0.1) is 45.5 Å². The number of para-hydroxylation sites is 1. The Labute approximate surface area is 187 Å². The third kappa shape index (κ3) is 6.59. The van der Waals surface area contributed by atoms with Gasteiger partial charge in [0.1, 0.15) is 12.9 Å². The molecule has 3 aromatic rings. The van der Waals surface area contributed by atoms with Crippen molar-refractivity contribution in [2.45, 2.75) is 26.8 Å². The summed E-state index contributed by atoms with van der Waals surface area (Å²) in [6, 6.07) is 14.4. The van der Waals surface area contributed by atoms with Crippen molar-refractivity contribution in [3.05, 3.63) is 64.9 Å². The van der Waals surface area contributed by atoms with Gasteiger partial charge in [0, 0.05) is 23.7 Å². The molecule has 150 valence electrons. The summed E-state index contributed by atoms with van der Waals surface area (Å²) in [7, 11) is 0. The normalized spacial score (nSPS) is 12.3. The Kier molecular flexibility index (Phi) is 9.42. The first-order valence-electron chi connectivity index (χ1n) is 9.25. The Hall–Kier alpha value is -1.94. The predicted molar refractivity (Wildman–Crippen MR) is 127 cm³/mol. The first-order chi connectivity index (χ1) is 13.3. The Morgan fingerprint density at radius 2 is 2.00 bits per heavy atom. The Balaban J connectivity index is 0.00000280. The van der Waals surface area contributed by atoms with Gasteiger partial charge < -0.3 is 10.6 Å². The number of hydrogen-bond acceptors (Lipinski definition) is 4. The van der Waals surface area contributed by atoms with Crippen LogP contribution in [0.25, 0.3) is 5.69 Å². The van der Waals surface area contributed by atoms with Crippen LogP contribution in [0.4, 0.5) is 0 Å². The fourth-order valence-corrected chi connectivity index (χ4v) is 3.65. The van der Waals surface area contributed by atoms with Gasteiger partial charge in [-0.2, -0.15) is 0 Å². The monoisotopic (exact) mass is 510 g/mol. The SMILES string of the molecule is CCNC(=NCc1nncn1-c1ccccc1)NCC(C)Cc1cccs1.I. The van der Waals surface area contributed by atoms with Crippen molar-refractivity contribution in [1.82, 2.24) is 25.4 Å². The van der Waals surface area contributed by atoms with Crippen molar-refractivity contribution in [3.63, 3.8) is 0 Å². The second-order valence-corrected chi connectivity index (χ2v) is 7.45. The molecule has 0 saturated heterocycles. The molecule has 0 aliphatic heterocycles. The van der Waals surface area contributed by atoms with Gasteiger partial charge in [-0.3, -0.25) is 4.57 Å². The van der Waals surface area contributed by atoms with Gasteiger partial charge >= 0.3 is 0 Å². The summed E-state index contributed by atoms with van der Waals surface area (Å²) < 4.78 is 1.96. The van der Waals surface area contributed by atoms with Crippen LogP contribution in [0.1, 0.15) is 24.5 Å². The topological polar surface area (TPSA) is 67.1 Å². The molecule has 1 unspecified atom stereocenters. The van der Waals surface area contributed by atoms with Gasteiger partial charge in [-0.05, 0) is 42.8 Å². The predicted octanol–water partition coefficient (Wildman–Crippen LogP) is 3.88. The average Bonchev–Trinajstić information content (AvgIpc) is 3.36. The molecule has 3 rings (SSSR count). The van der Waals surface area contributed by atoms with Crippen molar-refractivity contribution in [1.29, 1.82) is 0 Å². The smallest absolute Gasteiger partial charge is 0.191 e. The first-order valence-corrected chi connectivity index (χ1v) is 10.1. The summed E-state index contributed by atoms with van der Waals surface area (Å²) in [6.07, 6.45) is 2.80. The maximum atomic E-state index is 4.68. The highest BCUT2D eigenvalue weighted by atomic mass is 127. The van der Waals surface area contributed by atoms with Crippen LogP contribution in [-0.2, 0) is 13.0 Å².